The number of methoxy groups -OCH3 is 1. The van der Waals surface area contributed by atoms with E-state index in [-0.39, 0.29) is 18.2 Å². The summed E-state index contributed by atoms with van der Waals surface area (Å²) in [6.45, 7) is 1.29. The molecule has 2 amide bonds. The van der Waals surface area contributed by atoms with E-state index in [9.17, 15) is 14.4 Å². The van der Waals surface area contributed by atoms with Crippen LogP contribution in [0.15, 0.2) is 24.3 Å². The lowest BCUT2D eigenvalue weighted by atomic mass is 10.1. The standard InChI is InChI=1S/C12H14N2O4/c1-8(15)9-3-5-10(6-4-9)14-11(16)7-13-12(17)18-2/h3-6H,7H2,1-2H3,(H,13,17)(H,14,16). The molecule has 0 radical (unpaired) electrons. The van der Waals surface area contributed by atoms with E-state index in [4.69, 9.17) is 0 Å². The smallest absolute Gasteiger partial charge is 0.407 e. The topological polar surface area (TPSA) is 84.5 Å². The highest BCUT2D eigenvalue weighted by Gasteiger charge is 2.05. The first-order valence-electron chi connectivity index (χ1n) is 5.25. The summed E-state index contributed by atoms with van der Waals surface area (Å²) >= 11 is 0. The second-order valence-corrected chi connectivity index (χ2v) is 3.53. The van der Waals surface area contributed by atoms with Gasteiger partial charge in [-0.3, -0.25) is 9.59 Å². The molecule has 0 unspecified atom stereocenters. The van der Waals surface area contributed by atoms with Gasteiger partial charge in [-0.2, -0.15) is 0 Å². The van der Waals surface area contributed by atoms with Gasteiger partial charge in [0.2, 0.25) is 5.91 Å². The number of ether oxygens (including phenoxy) is 1. The molecule has 6 nitrogen and oxygen atoms in total. The average Bonchev–Trinajstić information content (AvgIpc) is 2.36. The van der Waals surface area contributed by atoms with Gasteiger partial charge >= 0.3 is 6.09 Å². The first-order valence-corrected chi connectivity index (χ1v) is 5.25. The Labute approximate surface area is 104 Å². The predicted molar refractivity (Wildman–Crippen MR) is 65.5 cm³/mol. The second-order valence-electron chi connectivity index (χ2n) is 3.53. The molecule has 2 N–H and O–H groups in total. The molecule has 6 heteroatoms. The van der Waals surface area contributed by atoms with Crippen molar-refractivity contribution < 1.29 is 19.1 Å². The van der Waals surface area contributed by atoms with Crippen molar-refractivity contribution in [2.45, 2.75) is 6.92 Å². The number of alkyl carbamates (subject to hydrolysis) is 1. The number of carbonyl (C=O) groups excluding carboxylic acids is 3. The number of ketones is 1. The number of anilines is 1. The number of hydrogen-bond acceptors (Lipinski definition) is 4. The summed E-state index contributed by atoms with van der Waals surface area (Å²) in [6.07, 6.45) is -0.669. The van der Waals surface area contributed by atoms with Gasteiger partial charge in [-0.25, -0.2) is 4.79 Å². The van der Waals surface area contributed by atoms with Crippen LogP contribution in [0, 0.1) is 0 Å². The van der Waals surface area contributed by atoms with Crippen LogP contribution in [0.3, 0.4) is 0 Å². The van der Waals surface area contributed by atoms with Crippen molar-refractivity contribution in [2.24, 2.45) is 0 Å². The molecule has 0 aliphatic rings. The molecule has 96 valence electrons. The molecule has 1 rings (SSSR count). The van der Waals surface area contributed by atoms with Gasteiger partial charge in [0.25, 0.3) is 0 Å². The minimum atomic E-state index is -0.669. The third-order valence-electron chi connectivity index (χ3n) is 2.15. The maximum absolute atomic E-state index is 11.4. The van der Waals surface area contributed by atoms with Crippen molar-refractivity contribution >= 4 is 23.5 Å². The Morgan fingerprint density at radius 2 is 1.78 bits per heavy atom. The van der Waals surface area contributed by atoms with Crippen LogP contribution in [-0.2, 0) is 9.53 Å². The molecule has 0 bridgehead atoms. The third kappa shape index (κ3) is 4.25. The largest absolute Gasteiger partial charge is 0.453 e. The quantitative estimate of drug-likeness (QED) is 0.786. The van der Waals surface area contributed by atoms with E-state index in [0.29, 0.717) is 11.3 Å². The molecule has 0 heterocycles. The average molecular weight is 250 g/mol. The van der Waals surface area contributed by atoms with Crippen LogP contribution in [0.5, 0.6) is 0 Å². The monoisotopic (exact) mass is 250 g/mol. The summed E-state index contributed by atoms with van der Waals surface area (Å²) in [5, 5.41) is 4.82. The van der Waals surface area contributed by atoms with Gasteiger partial charge in [0.1, 0.15) is 6.54 Å². The first-order chi connectivity index (χ1) is 8.52. The van der Waals surface area contributed by atoms with Gasteiger partial charge in [-0.15, -0.1) is 0 Å². The Morgan fingerprint density at radius 1 is 1.17 bits per heavy atom. The fourth-order valence-electron chi connectivity index (χ4n) is 1.22. The van der Waals surface area contributed by atoms with E-state index in [1.807, 2.05) is 0 Å². The molecule has 0 atom stereocenters. The normalized spacial score (nSPS) is 9.44. The zero-order chi connectivity index (χ0) is 13.5. The number of nitrogens with one attached hydrogen (secondary N) is 2. The Balaban J connectivity index is 2.49. The van der Waals surface area contributed by atoms with Crippen LogP contribution in [0.2, 0.25) is 0 Å². The van der Waals surface area contributed by atoms with Gasteiger partial charge in [-0.05, 0) is 31.2 Å². The maximum Gasteiger partial charge on any atom is 0.407 e. The number of amides is 2. The zero-order valence-electron chi connectivity index (χ0n) is 10.1. The summed E-state index contributed by atoms with van der Waals surface area (Å²) < 4.78 is 4.33. The maximum atomic E-state index is 11.4. The molecule has 0 aliphatic heterocycles. The minimum absolute atomic E-state index is 0.0414. The van der Waals surface area contributed by atoms with Crippen molar-refractivity contribution in [3.8, 4) is 0 Å². The van der Waals surface area contributed by atoms with Gasteiger partial charge in [0.15, 0.2) is 5.78 Å². The molecule has 0 aromatic heterocycles. The van der Waals surface area contributed by atoms with E-state index in [1.54, 1.807) is 24.3 Å². The highest BCUT2D eigenvalue weighted by Crippen LogP contribution is 2.09. The number of Topliss-reactive ketones (excluding diaryl/α,β-unsaturated/α-hetero) is 1. The van der Waals surface area contributed by atoms with E-state index >= 15 is 0 Å². The van der Waals surface area contributed by atoms with Crippen LogP contribution in [0.1, 0.15) is 17.3 Å². The first kappa shape index (κ1) is 13.7. The third-order valence-corrected chi connectivity index (χ3v) is 2.15. The fourth-order valence-corrected chi connectivity index (χ4v) is 1.22. The Hall–Kier alpha value is -2.37. The zero-order valence-corrected chi connectivity index (χ0v) is 10.1. The summed E-state index contributed by atoms with van der Waals surface area (Å²) in [7, 11) is 1.22. The van der Waals surface area contributed by atoms with E-state index in [2.05, 4.69) is 15.4 Å². The molecule has 18 heavy (non-hydrogen) atoms. The van der Waals surface area contributed by atoms with Crippen LogP contribution in [-0.4, -0.2) is 31.4 Å². The van der Waals surface area contributed by atoms with Crippen LogP contribution in [0.4, 0.5) is 10.5 Å². The molecule has 0 fully saturated rings. The number of carbonyl (C=O) groups is 3. The summed E-state index contributed by atoms with van der Waals surface area (Å²) in [5.74, 6) is -0.420. The van der Waals surface area contributed by atoms with Crippen LogP contribution >= 0.6 is 0 Å². The number of rotatable bonds is 4. The Bertz CT molecular complexity index is 454. The van der Waals surface area contributed by atoms with Crippen molar-refractivity contribution in [1.82, 2.24) is 5.32 Å². The minimum Gasteiger partial charge on any atom is -0.453 e. The molecule has 0 saturated carbocycles. The second kappa shape index (κ2) is 6.39. The van der Waals surface area contributed by atoms with Crippen LogP contribution < -0.4 is 10.6 Å². The molecule has 0 spiro atoms. The van der Waals surface area contributed by atoms with Crippen molar-refractivity contribution in [3.05, 3.63) is 29.8 Å². The fraction of sp³-hybridized carbons (Fsp3) is 0.250. The summed E-state index contributed by atoms with van der Waals surface area (Å²) in [5.41, 5.74) is 1.12. The number of benzene rings is 1. The SMILES string of the molecule is COC(=O)NCC(=O)Nc1ccc(C(C)=O)cc1. The lowest BCUT2D eigenvalue weighted by Gasteiger charge is -2.06. The van der Waals surface area contributed by atoms with Crippen LogP contribution in [0.25, 0.3) is 0 Å². The highest BCUT2D eigenvalue weighted by atomic mass is 16.5. The van der Waals surface area contributed by atoms with E-state index < -0.39 is 6.09 Å². The Kier molecular flexibility index (Phi) is 4.86. The Morgan fingerprint density at radius 3 is 2.28 bits per heavy atom. The van der Waals surface area contributed by atoms with E-state index in [0.717, 1.165) is 0 Å². The predicted octanol–water partition coefficient (Wildman–Crippen LogP) is 1.18. The van der Waals surface area contributed by atoms with Crippen molar-refractivity contribution in [1.29, 1.82) is 0 Å². The molecule has 0 aliphatic carbocycles. The lowest BCUT2D eigenvalue weighted by Crippen LogP contribution is -2.32. The number of hydrogen-bond donors (Lipinski definition) is 2. The molecular weight excluding hydrogens is 236 g/mol. The molecular formula is C12H14N2O4. The summed E-state index contributed by atoms with van der Waals surface area (Å²) in [4.78, 5) is 33.2. The van der Waals surface area contributed by atoms with Gasteiger partial charge < -0.3 is 15.4 Å². The lowest BCUT2D eigenvalue weighted by molar-refractivity contribution is -0.115. The van der Waals surface area contributed by atoms with Crippen molar-refractivity contribution in [3.63, 3.8) is 0 Å². The highest BCUT2D eigenvalue weighted by molar-refractivity contribution is 5.96. The van der Waals surface area contributed by atoms with Gasteiger partial charge in [-0.1, -0.05) is 0 Å². The van der Waals surface area contributed by atoms with E-state index in [1.165, 1.54) is 14.0 Å². The van der Waals surface area contributed by atoms with Gasteiger partial charge in [0, 0.05) is 11.3 Å². The molecule has 1 aromatic rings. The molecule has 0 saturated heterocycles. The molecule has 1 aromatic carbocycles. The van der Waals surface area contributed by atoms with Gasteiger partial charge in [0.05, 0.1) is 7.11 Å². The van der Waals surface area contributed by atoms with Crippen molar-refractivity contribution in [2.75, 3.05) is 19.0 Å². The summed E-state index contributed by atoms with van der Waals surface area (Å²) in [6, 6.07) is 6.47.